The topological polar surface area (TPSA) is 0 Å². The van der Waals surface area contributed by atoms with E-state index in [0.717, 1.165) is 0 Å². The maximum atomic E-state index is 2.15. The minimum absolute atomic E-state index is 1.17. The normalized spacial score (nSPS) is 21.3. The van der Waals surface area contributed by atoms with Gasteiger partial charge in [0.05, 0.1) is 0 Å². The molecule has 0 aromatic rings. The van der Waals surface area contributed by atoms with E-state index in [1.807, 2.05) is 10.8 Å². The Morgan fingerprint density at radius 2 is 2.50 bits per heavy atom. The predicted molar refractivity (Wildman–Crippen MR) is 33.5 cm³/mol. The molecule has 0 saturated carbocycles. The van der Waals surface area contributed by atoms with Crippen molar-refractivity contribution in [3.63, 3.8) is 0 Å². The van der Waals surface area contributed by atoms with Gasteiger partial charge in [-0.25, -0.2) is 0 Å². The SMILES string of the molecule is [CH]1C=CCSS1. The second-order valence-electron chi connectivity index (χ2n) is 0.945. The van der Waals surface area contributed by atoms with Gasteiger partial charge in [-0.05, 0) is 0 Å². The lowest BCUT2D eigenvalue weighted by atomic mass is 10.6. The molecule has 0 aromatic carbocycles. The summed E-state index contributed by atoms with van der Waals surface area (Å²) in [5.74, 6) is 3.26. The Kier molecular flexibility index (Phi) is 1.98. The molecule has 0 fully saturated rings. The maximum absolute atomic E-state index is 2.15. The highest BCUT2D eigenvalue weighted by Crippen LogP contribution is 2.27. The molecule has 0 nitrogen and oxygen atoms in total. The van der Waals surface area contributed by atoms with E-state index in [1.165, 1.54) is 5.75 Å². The highest BCUT2D eigenvalue weighted by atomic mass is 33.1. The van der Waals surface area contributed by atoms with Gasteiger partial charge in [0.1, 0.15) is 0 Å². The number of hydrogen-bond donors (Lipinski definition) is 0. The first-order chi connectivity index (χ1) is 3.00. The van der Waals surface area contributed by atoms with Gasteiger partial charge in [-0.2, -0.15) is 0 Å². The van der Waals surface area contributed by atoms with Gasteiger partial charge in [0, 0.05) is 11.5 Å². The van der Waals surface area contributed by atoms with Crippen molar-refractivity contribution in [3.8, 4) is 0 Å². The smallest absolute Gasteiger partial charge is 0.0494 e. The van der Waals surface area contributed by atoms with Crippen LogP contribution in [0.3, 0.4) is 0 Å². The summed E-state index contributed by atoms with van der Waals surface area (Å²) in [7, 11) is 3.67. The third-order valence-corrected chi connectivity index (χ3v) is 2.39. The molecular formula is C4H5S2. The lowest BCUT2D eigenvalue weighted by molar-refractivity contribution is 1.75. The second-order valence-corrected chi connectivity index (χ2v) is 3.26. The monoisotopic (exact) mass is 117 g/mol. The molecule has 2 heteroatoms. The molecule has 1 rings (SSSR count). The molecule has 0 spiro atoms. The standard InChI is InChI=1S/C4H5S2/c1-2-4-6-5-3-1/h1-3H,4H2. The Bertz CT molecular complexity index is 50.6. The Morgan fingerprint density at radius 3 is 2.67 bits per heavy atom. The van der Waals surface area contributed by atoms with Crippen molar-refractivity contribution in [1.29, 1.82) is 0 Å². The van der Waals surface area contributed by atoms with Crippen molar-refractivity contribution < 1.29 is 0 Å². The van der Waals surface area contributed by atoms with Crippen molar-refractivity contribution >= 4 is 21.6 Å². The van der Waals surface area contributed by atoms with E-state index in [2.05, 4.69) is 17.9 Å². The van der Waals surface area contributed by atoms with Crippen LogP contribution in [0.2, 0.25) is 0 Å². The van der Waals surface area contributed by atoms with Gasteiger partial charge >= 0.3 is 0 Å². The highest BCUT2D eigenvalue weighted by molar-refractivity contribution is 8.77. The Labute approximate surface area is 45.8 Å². The molecule has 0 saturated heterocycles. The van der Waals surface area contributed by atoms with E-state index in [0.29, 0.717) is 0 Å². The Hall–Kier alpha value is 0.440. The number of hydrogen-bond acceptors (Lipinski definition) is 2. The summed E-state index contributed by atoms with van der Waals surface area (Å²) in [4.78, 5) is 0. The lowest BCUT2D eigenvalue weighted by Gasteiger charge is -1.96. The van der Waals surface area contributed by atoms with Crippen molar-refractivity contribution in [2.24, 2.45) is 0 Å². The van der Waals surface area contributed by atoms with Crippen LogP contribution in [0.4, 0.5) is 0 Å². The highest BCUT2D eigenvalue weighted by Gasteiger charge is 1.88. The fourth-order valence-electron chi connectivity index (χ4n) is 0.261. The molecule has 1 aliphatic heterocycles. The molecule has 0 bridgehead atoms. The van der Waals surface area contributed by atoms with Crippen molar-refractivity contribution in [3.05, 3.63) is 17.9 Å². The van der Waals surface area contributed by atoms with E-state index >= 15 is 0 Å². The molecule has 0 aromatic heterocycles. The maximum Gasteiger partial charge on any atom is 0.0494 e. The molecule has 0 atom stereocenters. The van der Waals surface area contributed by atoms with E-state index in [1.54, 1.807) is 10.8 Å². The van der Waals surface area contributed by atoms with Gasteiger partial charge < -0.3 is 0 Å². The van der Waals surface area contributed by atoms with Gasteiger partial charge in [-0.3, -0.25) is 0 Å². The molecule has 0 amide bonds. The van der Waals surface area contributed by atoms with Crippen LogP contribution in [-0.4, -0.2) is 5.75 Å². The minimum atomic E-state index is 1.17. The van der Waals surface area contributed by atoms with Crippen LogP contribution in [-0.2, 0) is 0 Å². The predicted octanol–water partition coefficient (Wildman–Crippen LogP) is 2.10. The van der Waals surface area contributed by atoms with Gasteiger partial charge in [-0.1, -0.05) is 33.7 Å². The lowest BCUT2D eigenvalue weighted by Crippen LogP contribution is -1.70. The molecule has 0 aliphatic carbocycles. The molecule has 33 valence electrons. The summed E-state index contributed by atoms with van der Waals surface area (Å²) in [6, 6.07) is 0. The largest absolute Gasteiger partial charge is 0.0893 e. The Morgan fingerprint density at radius 1 is 1.50 bits per heavy atom. The molecule has 1 aliphatic rings. The Balaban J connectivity index is 2.26. The zero-order valence-electron chi connectivity index (χ0n) is 3.26. The van der Waals surface area contributed by atoms with Crippen molar-refractivity contribution in [2.45, 2.75) is 0 Å². The van der Waals surface area contributed by atoms with Gasteiger partial charge in [-0.15, -0.1) is 0 Å². The van der Waals surface area contributed by atoms with Crippen LogP contribution < -0.4 is 0 Å². The summed E-state index contributed by atoms with van der Waals surface area (Å²) in [5, 5.41) is 0. The van der Waals surface area contributed by atoms with Crippen LogP contribution in [0.5, 0.6) is 0 Å². The minimum Gasteiger partial charge on any atom is -0.0893 e. The number of rotatable bonds is 0. The fourth-order valence-corrected chi connectivity index (χ4v) is 1.68. The molecule has 0 N–H and O–H groups in total. The first-order valence-corrected chi connectivity index (χ1v) is 4.15. The van der Waals surface area contributed by atoms with E-state index in [9.17, 15) is 0 Å². The zero-order chi connectivity index (χ0) is 4.24. The zero-order valence-corrected chi connectivity index (χ0v) is 4.89. The summed E-state index contributed by atoms with van der Waals surface area (Å²) < 4.78 is 0. The first-order valence-electron chi connectivity index (χ1n) is 1.77. The van der Waals surface area contributed by atoms with Crippen LogP contribution >= 0.6 is 21.6 Å². The van der Waals surface area contributed by atoms with Gasteiger partial charge in [0.25, 0.3) is 0 Å². The average molecular weight is 117 g/mol. The average Bonchev–Trinajstić information content (AvgIpc) is 1.72. The van der Waals surface area contributed by atoms with Crippen molar-refractivity contribution in [1.82, 2.24) is 0 Å². The van der Waals surface area contributed by atoms with Crippen LogP contribution in [0.15, 0.2) is 12.2 Å². The van der Waals surface area contributed by atoms with Crippen LogP contribution in [0.25, 0.3) is 0 Å². The van der Waals surface area contributed by atoms with Gasteiger partial charge in [0.2, 0.25) is 0 Å². The second kappa shape index (κ2) is 2.59. The third-order valence-electron chi connectivity index (χ3n) is 0.503. The summed E-state index contributed by atoms with van der Waals surface area (Å²) in [6.07, 6.45) is 4.24. The first kappa shape index (κ1) is 4.60. The molecule has 0 unspecified atom stereocenters. The van der Waals surface area contributed by atoms with Gasteiger partial charge in [0.15, 0.2) is 0 Å². The van der Waals surface area contributed by atoms with Crippen LogP contribution in [0.1, 0.15) is 0 Å². The molecular weight excluding hydrogens is 112 g/mol. The van der Waals surface area contributed by atoms with E-state index < -0.39 is 0 Å². The molecule has 1 heterocycles. The van der Waals surface area contributed by atoms with Crippen molar-refractivity contribution in [2.75, 3.05) is 5.75 Å². The summed E-state index contributed by atoms with van der Waals surface area (Å²) in [6.45, 7) is 0. The fraction of sp³-hybridized carbons (Fsp3) is 0.250. The summed E-state index contributed by atoms with van der Waals surface area (Å²) >= 11 is 0. The summed E-state index contributed by atoms with van der Waals surface area (Å²) in [5.41, 5.74) is 0. The van der Waals surface area contributed by atoms with E-state index in [-0.39, 0.29) is 0 Å². The quantitative estimate of drug-likeness (QED) is 0.446. The van der Waals surface area contributed by atoms with Crippen LogP contribution in [0, 0.1) is 5.75 Å². The van der Waals surface area contributed by atoms with E-state index in [4.69, 9.17) is 0 Å². The molecule has 1 radical (unpaired) electrons. The molecule has 6 heavy (non-hydrogen) atoms. The third kappa shape index (κ3) is 1.27.